The highest BCUT2D eigenvalue weighted by Gasteiger charge is 2.20. The van der Waals surface area contributed by atoms with Gasteiger partial charge < -0.3 is 0 Å². The number of halogens is 2. The summed E-state index contributed by atoms with van der Waals surface area (Å²) in [5.41, 5.74) is 0. The first-order chi connectivity index (χ1) is 6.50. The first-order valence-corrected chi connectivity index (χ1v) is 6.98. The van der Waals surface area contributed by atoms with Crippen molar-refractivity contribution in [2.75, 3.05) is 0 Å². The monoisotopic (exact) mass is 267 g/mol. The third-order valence-corrected chi connectivity index (χ3v) is 5.42. The van der Waals surface area contributed by atoms with Crippen LogP contribution < -0.4 is 0 Å². The van der Waals surface area contributed by atoms with Crippen LogP contribution in [0.5, 0.6) is 0 Å². The van der Waals surface area contributed by atoms with Gasteiger partial charge in [-0.1, -0.05) is 11.6 Å². The molecule has 0 radical (unpaired) electrons. The average Bonchev–Trinajstić information content (AvgIpc) is 2.44. The van der Waals surface area contributed by atoms with Gasteiger partial charge in [0.25, 0.3) is 9.05 Å². The fourth-order valence-corrected chi connectivity index (χ4v) is 4.03. The van der Waals surface area contributed by atoms with Gasteiger partial charge in [0.1, 0.15) is 4.83 Å². The molecule has 0 aliphatic carbocycles. The lowest BCUT2D eigenvalue weighted by atomic mass is 10.3. The lowest BCUT2D eigenvalue weighted by molar-refractivity contribution is 0.611. The van der Waals surface area contributed by atoms with Gasteiger partial charge in [-0.3, -0.25) is 0 Å². The molecule has 2 aromatic rings. The lowest BCUT2D eigenvalue weighted by Gasteiger charge is -1.89. The van der Waals surface area contributed by atoms with Crippen molar-refractivity contribution in [2.45, 2.75) is 4.21 Å². The number of hydrogen-bond acceptors (Lipinski definition) is 4. The van der Waals surface area contributed by atoms with Gasteiger partial charge in [-0.15, -0.1) is 11.3 Å². The summed E-state index contributed by atoms with van der Waals surface area (Å²) in [7, 11) is 1.43. The van der Waals surface area contributed by atoms with Crippen molar-refractivity contribution in [3.05, 3.63) is 23.4 Å². The highest BCUT2D eigenvalue weighted by Crippen LogP contribution is 2.38. The Kier molecular flexibility index (Phi) is 2.43. The molecule has 0 aliphatic rings. The van der Waals surface area contributed by atoms with Crippen molar-refractivity contribution in [2.24, 2.45) is 0 Å². The second-order valence-corrected chi connectivity index (χ2v) is 6.64. The van der Waals surface area contributed by atoms with E-state index in [1.807, 2.05) is 0 Å². The van der Waals surface area contributed by atoms with Crippen molar-refractivity contribution in [3.63, 3.8) is 0 Å². The predicted octanol–water partition coefficient (Wildman–Crippen LogP) is 2.88. The molecule has 0 unspecified atom stereocenters. The normalized spacial score (nSPS) is 12.1. The van der Waals surface area contributed by atoms with Gasteiger partial charge in [-0.05, 0) is 12.1 Å². The fraction of sp³-hybridized carbons (Fsp3) is 0. The van der Waals surface area contributed by atoms with Crippen molar-refractivity contribution in [1.82, 2.24) is 4.98 Å². The van der Waals surface area contributed by atoms with Crippen LogP contribution in [0.25, 0.3) is 10.2 Å². The van der Waals surface area contributed by atoms with Crippen molar-refractivity contribution in [3.8, 4) is 0 Å². The predicted molar refractivity (Wildman–Crippen MR) is 57.7 cm³/mol. The van der Waals surface area contributed by atoms with Crippen LogP contribution in [0.1, 0.15) is 0 Å². The van der Waals surface area contributed by atoms with E-state index in [1.165, 1.54) is 0 Å². The van der Waals surface area contributed by atoms with Gasteiger partial charge in [0.05, 0.1) is 5.02 Å². The van der Waals surface area contributed by atoms with Crippen LogP contribution in [0.4, 0.5) is 0 Å². The summed E-state index contributed by atoms with van der Waals surface area (Å²) in [5, 5.41) is 0.756. The van der Waals surface area contributed by atoms with E-state index in [-0.39, 0.29) is 9.23 Å². The number of nitrogens with zero attached hydrogens (tertiary/aromatic N) is 1. The Hall–Kier alpha value is -0.360. The number of rotatable bonds is 1. The van der Waals surface area contributed by atoms with Crippen LogP contribution in [0, 0.1) is 0 Å². The summed E-state index contributed by atoms with van der Waals surface area (Å²) in [4.78, 5) is 4.55. The Morgan fingerprint density at radius 2 is 2.14 bits per heavy atom. The van der Waals surface area contributed by atoms with Gasteiger partial charge in [-0.25, -0.2) is 13.4 Å². The molecule has 0 saturated heterocycles. The maximum Gasteiger partial charge on any atom is 0.272 e. The summed E-state index contributed by atoms with van der Waals surface area (Å²) < 4.78 is 22.1. The number of hydrogen-bond donors (Lipinski definition) is 0. The zero-order valence-electron chi connectivity index (χ0n) is 6.57. The number of thiophene rings is 1. The van der Waals surface area contributed by atoms with E-state index in [2.05, 4.69) is 4.98 Å². The van der Waals surface area contributed by atoms with E-state index in [4.69, 9.17) is 22.3 Å². The molecule has 0 aromatic carbocycles. The van der Waals surface area contributed by atoms with Crippen molar-refractivity contribution < 1.29 is 8.42 Å². The van der Waals surface area contributed by atoms with Crippen molar-refractivity contribution in [1.29, 1.82) is 0 Å². The largest absolute Gasteiger partial charge is 0.272 e. The molecular formula is C7H3Cl2NO2S2. The van der Waals surface area contributed by atoms with Crippen LogP contribution in [0.3, 0.4) is 0 Å². The summed E-state index contributed by atoms with van der Waals surface area (Å²) in [5.74, 6) is 0. The minimum atomic E-state index is -3.78. The third-order valence-electron chi connectivity index (χ3n) is 1.60. The average molecular weight is 268 g/mol. The fourth-order valence-electron chi connectivity index (χ4n) is 1.04. The zero-order chi connectivity index (χ0) is 10.3. The summed E-state index contributed by atoms with van der Waals surface area (Å²) in [6, 6.07) is 3.39. The summed E-state index contributed by atoms with van der Waals surface area (Å²) in [6.07, 6.45) is 1.57. The number of aromatic nitrogens is 1. The Bertz CT molecular complexity index is 591. The molecule has 2 rings (SSSR count). The molecule has 0 fully saturated rings. The molecule has 74 valence electrons. The van der Waals surface area contributed by atoms with E-state index in [0.29, 0.717) is 10.2 Å². The highest BCUT2D eigenvalue weighted by atomic mass is 35.7. The quantitative estimate of drug-likeness (QED) is 0.747. The van der Waals surface area contributed by atoms with E-state index >= 15 is 0 Å². The minimum absolute atomic E-state index is 0.0467. The topological polar surface area (TPSA) is 47.0 Å². The maximum atomic E-state index is 11.1. The summed E-state index contributed by atoms with van der Waals surface area (Å²) in [6.45, 7) is 0. The molecule has 0 amide bonds. The maximum absolute atomic E-state index is 11.1. The van der Waals surface area contributed by atoms with E-state index in [9.17, 15) is 8.42 Å². The molecule has 2 aromatic heterocycles. The smallest absolute Gasteiger partial charge is 0.245 e. The van der Waals surface area contributed by atoms with E-state index < -0.39 is 9.05 Å². The standard InChI is InChI=1S/C7H3Cl2NO2S2/c8-5-4-2-1-3-10-6(4)13-7(5)14(9,11)12/h1-3H. The molecule has 3 nitrogen and oxygen atoms in total. The van der Waals surface area contributed by atoms with Crippen LogP contribution in [0.15, 0.2) is 22.5 Å². The molecule has 0 aliphatic heterocycles. The molecule has 7 heteroatoms. The Labute approximate surface area is 93.7 Å². The first kappa shape index (κ1) is 10.2. The molecule has 0 atom stereocenters. The van der Waals surface area contributed by atoms with E-state index in [1.54, 1.807) is 18.3 Å². The molecule has 0 bridgehead atoms. The zero-order valence-corrected chi connectivity index (χ0v) is 9.71. The lowest BCUT2D eigenvalue weighted by Crippen LogP contribution is -1.85. The highest BCUT2D eigenvalue weighted by molar-refractivity contribution is 8.15. The SMILES string of the molecule is O=S(=O)(Cl)c1sc2ncccc2c1Cl. The summed E-state index contributed by atoms with van der Waals surface area (Å²) >= 11 is 6.82. The Morgan fingerprint density at radius 1 is 1.43 bits per heavy atom. The second-order valence-electron chi connectivity index (χ2n) is 2.50. The minimum Gasteiger partial charge on any atom is -0.245 e. The van der Waals surface area contributed by atoms with Crippen LogP contribution in [-0.4, -0.2) is 13.4 Å². The van der Waals surface area contributed by atoms with Gasteiger partial charge in [0.2, 0.25) is 0 Å². The van der Waals surface area contributed by atoms with Crippen molar-refractivity contribution >= 4 is 52.9 Å². The van der Waals surface area contributed by atoms with Gasteiger partial charge >= 0.3 is 0 Å². The van der Waals surface area contributed by atoms with Gasteiger partial charge in [0.15, 0.2) is 4.21 Å². The molecule has 14 heavy (non-hydrogen) atoms. The van der Waals surface area contributed by atoms with Gasteiger partial charge in [-0.2, -0.15) is 0 Å². The Morgan fingerprint density at radius 3 is 2.71 bits per heavy atom. The van der Waals surface area contributed by atoms with Gasteiger partial charge in [0, 0.05) is 22.3 Å². The van der Waals surface area contributed by atoms with Crippen LogP contribution in [-0.2, 0) is 9.05 Å². The van der Waals surface area contributed by atoms with Crippen LogP contribution >= 0.6 is 33.6 Å². The Balaban J connectivity index is 2.89. The van der Waals surface area contributed by atoms with E-state index in [0.717, 1.165) is 11.3 Å². The molecular weight excluding hydrogens is 265 g/mol. The molecule has 0 spiro atoms. The molecule has 0 N–H and O–H groups in total. The number of fused-ring (bicyclic) bond motifs is 1. The number of pyridine rings is 1. The second kappa shape index (κ2) is 3.34. The molecule has 0 saturated carbocycles. The third kappa shape index (κ3) is 1.61. The first-order valence-electron chi connectivity index (χ1n) is 3.48. The molecule has 2 heterocycles. The van der Waals surface area contributed by atoms with Crippen LogP contribution in [0.2, 0.25) is 5.02 Å².